The van der Waals surface area contributed by atoms with Crippen molar-refractivity contribution in [3.8, 4) is 0 Å². The number of carbonyl (C=O) groups excluding carboxylic acids is 2. The number of halogens is 1. The summed E-state index contributed by atoms with van der Waals surface area (Å²) >= 11 is 3.34. The quantitative estimate of drug-likeness (QED) is 0.823. The van der Waals surface area contributed by atoms with Crippen LogP contribution in [0.25, 0.3) is 0 Å². The number of hydrogen-bond acceptors (Lipinski definition) is 4. The molecule has 1 aliphatic heterocycles. The summed E-state index contributed by atoms with van der Waals surface area (Å²) in [6.45, 7) is 3.21. The standard InChI is InChI=1S/C17H15BrN2O4S/c1-10-9-12(18)7-8-14(10)19-16(21)11(2)20-17(22)13-5-3-4-6-15(13)25(20,23)24/h3-9,11H,1-2H3,(H,19,21). The molecular formula is C17H15BrN2O4S. The van der Waals surface area contributed by atoms with Gasteiger partial charge in [0.2, 0.25) is 5.91 Å². The van der Waals surface area contributed by atoms with Gasteiger partial charge in [-0.3, -0.25) is 9.59 Å². The predicted octanol–water partition coefficient (Wildman–Crippen LogP) is 2.93. The van der Waals surface area contributed by atoms with Crippen molar-refractivity contribution in [1.82, 2.24) is 4.31 Å². The minimum atomic E-state index is -4.03. The lowest BCUT2D eigenvalue weighted by Gasteiger charge is -2.22. The highest BCUT2D eigenvalue weighted by Gasteiger charge is 2.45. The molecule has 3 rings (SSSR count). The number of aryl methyl sites for hydroxylation is 1. The maximum Gasteiger partial charge on any atom is 0.269 e. The molecule has 1 heterocycles. The van der Waals surface area contributed by atoms with E-state index in [1.165, 1.54) is 19.1 Å². The lowest BCUT2D eigenvalue weighted by Crippen LogP contribution is -2.45. The smallest absolute Gasteiger partial charge is 0.269 e. The Kier molecular flexibility index (Phi) is 4.42. The molecule has 2 amide bonds. The minimum Gasteiger partial charge on any atom is -0.324 e. The second-order valence-electron chi connectivity index (χ2n) is 5.73. The first kappa shape index (κ1) is 17.6. The Morgan fingerprint density at radius 3 is 2.52 bits per heavy atom. The SMILES string of the molecule is Cc1cc(Br)ccc1NC(=O)C(C)N1C(=O)c2ccccc2S1(=O)=O. The molecule has 1 aliphatic rings. The summed E-state index contributed by atoms with van der Waals surface area (Å²) in [5, 5.41) is 2.68. The predicted molar refractivity (Wildman–Crippen MR) is 96.8 cm³/mol. The van der Waals surface area contributed by atoms with E-state index in [2.05, 4.69) is 21.2 Å². The number of amides is 2. The van der Waals surface area contributed by atoms with E-state index in [0.717, 1.165) is 10.0 Å². The summed E-state index contributed by atoms with van der Waals surface area (Å²) in [7, 11) is -4.03. The van der Waals surface area contributed by atoms with Crippen molar-refractivity contribution in [2.24, 2.45) is 0 Å². The Hall–Kier alpha value is -2.19. The second-order valence-corrected chi connectivity index (χ2v) is 8.43. The third-order valence-corrected chi connectivity index (χ3v) is 6.44. The van der Waals surface area contributed by atoms with Crippen LogP contribution in [0.15, 0.2) is 51.8 Å². The highest BCUT2D eigenvalue weighted by atomic mass is 79.9. The highest BCUT2D eigenvalue weighted by Crippen LogP contribution is 2.32. The maximum atomic E-state index is 12.6. The lowest BCUT2D eigenvalue weighted by molar-refractivity contribution is -0.118. The first-order chi connectivity index (χ1) is 11.7. The molecule has 0 bridgehead atoms. The van der Waals surface area contributed by atoms with Crippen molar-refractivity contribution in [1.29, 1.82) is 0 Å². The van der Waals surface area contributed by atoms with Crippen molar-refractivity contribution in [3.05, 3.63) is 58.1 Å². The Bertz CT molecular complexity index is 988. The molecule has 1 unspecified atom stereocenters. The zero-order valence-electron chi connectivity index (χ0n) is 13.5. The molecule has 0 fully saturated rings. The van der Waals surface area contributed by atoms with Crippen molar-refractivity contribution in [2.75, 3.05) is 5.32 Å². The molecule has 0 spiro atoms. The summed E-state index contributed by atoms with van der Waals surface area (Å²) in [6.07, 6.45) is 0. The van der Waals surface area contributed by atoms with Gasteiger partial charge in [-0.1, -0.05) is 28.1 Å². The van der Waals surface area contributed by atoms with E-state index in [1.807, 2.05) is 13.0 Å². The van der Waals surface area contributed by atoms with Gasteiger partial charge < -0.3 is 5.32 Å². The number of fused-ring (bicyclic) bond motifs is 1. The number of anilines is 1. The summed E-state index contributed by atoms with van der Waals surface area (Å²) in [5.74, 6) is -1.26. The molecule has 0 radical (unpaired) electrons. The zero-order valence-corrected chi connectivity index (χ0v) is 15.9. The van der Waals surface area contributed by atoms with Crippen LogP contribution in [0.4, 0.5) is 5.69 Å². The van der Waals surface area contributed by atoms with Crippen LogP contribution in [-0.2, 0) is 14.8 Å². The molecule has 6 nitrogen and oxygen atoms in total. The van der Waals surface area contributed by atoms with Crippen LogP contribution in [0.2, 0.25) is 0 Å². The first-order valence-electron chi connectivity index (χ1n) is 7.48. The Labute approximate surface area is 154 Å². The van der Waals surface area contributed by atoms with E-state index in [1.54, 1.807) is 24.3 Å². The summed E-state index contributed by atoms with van der Waals surface area (Å²) in [5.41, 5.74) is 1.46. The van der Waals surface area contributed by atoms with Gasteiger partial charge in [-0.2, -0.15) is 0 Å². The van der Waals surface area contributed by atoms with E-state index in [-0.39, 0.29) is 10.5 Å². The summed E-state index contributed by atoms with van der Waals surface area (Å²) in [6, 6.07) is 10.1. The van der Waals surface area contributed by atoms with Gasteiger partial charge >= 0.3 is 0 Å². The normalized spacial score (nSPS) is 16.4. The Morgan fingerprint density at radius 1 is 1.20 bits per heavy atom. The van der Waals surface area contributed by atoms with Crippen molar-refractivity contribution in [3.63, 3.8) is 0 Å². The highest BCUT2D eigenvalue weighted by molar-refractivity contribution is 9.10. The van der Waals surface area contributed by atoms with Crippen LogP contribution in [0.1, 0.15) is 22.8 Å². The summed E-state index contributed by atoms with van der Waals surface area (Å²) < 4.78 is 26.8. The number of rotatable bonds is 3. The third-order valence-electron chi connectivity index (χ3n) is 4.03. The van der Waals surface area contributed by atoms with E-state index >= 15 is 0 Å². The number of sulfonamides is 1. The van der Waals surface area contributed by atoms with Crippen molar-refractivity contribution in [2.45, 2.75) is 24.8 Å². The van der Waals surface area contributed by atoms with Crippen molar-refractivity contribution < 1.29 is 18.0 Å². The Balaban J connectivity index is 1.89. The molecule has 8 heteroatoms. The van der Waals surface area contributed by atoms with Crippen LogP contribution < -0.4 is 5.32 Å². The van der Waals surface area contributed by atoms with Gasteiger partial charge in [0.25, 0.3) is 15.9 Å². The average Bonchev–Trinajstić information content (AvgIpc) is 2.76. The Morgan fingerprint density at radius 2 is 1.88 bits per heavy atom. The van der Waals surface area contributed by atoms with Crippen LogP contribution in [-0.4, -0.2) is 30.6 Å². The molecular weight excluding hydrogens is 408 g/mol. The van der Waals surface area contributed by atoms with E-state index in [9.17, 15) is 18.0 Å². The molecule has 2 aromatic rings. The van der Waals surface area contributed by atoms with E-state index < -0.39 is 27.9 Å². The molecule has 0 saturated heterocycles. The summed E-state index contributed by atoms with van der Waals surface area (Å²) in [4.78, 5) is 25.0. The minimum absolute atomic E-state index is 0.0699. The fourth-order valence-corrected chi connectivity index (χ4v) is 4.90. The number of carbonyl (C=O) groups is 2. The first-order valence-corrected chi connectivity index (χ1v) is 9.71. The monoisotopic (exact) mass is 422 g/mol. The van der Waals surface area contributed by atoms with E-state index in [0.29, 0.717) is 9.99 Å². The van der Waals surface area contributed by atoms with Gasteiger partial charge in [0.05, 0.1) is 5.56 Å². The van der Waals surface area contributed by atoms with Gasteiger partial charge in [-0.15, -0.1) is 0 Å². The molecule has 0 aromatic heterocycles. The van der Waals surface area contributed by atoms with Gasteiger partial charge in [0, 0.05) is 10.2 Å². The van der Waals surface area contributed by atoms with E-state index in [4.69, 9.17) is 0 Å². The molecule has 1 N–H and O–H groups in total. The molecule has 2 aromatic carbocycles. The van der Waals surface area contributed by atoms with Crippen LogP contribution in [0.5, 0.6) is 0 Å². The molecule has 130 valence electrons. The van der Waals surface area contributed by atoms with Gasteiger partial charge in [0.15, 0.2) is 0 Å². The van der Waals surface area contributed by atoms with Crippen molar-refractivity contribution >= 4 is 43.5 Å². The number of nitrogens with one attached hydrogen (secondary N) is 1. The lowest BCUT2D eigenvalue weighted by atomic mass is 10.1. The molecule has 25 heavy (non-hydrogen) atoms. The van der Waals surface area contributed by atoms with Gasteiger partial charge in [-0.25, -0.2) is 12.7 Å². The zero-order chi connectivity index (χ0) is 18.4. The van der Waals surface area contributed by atoms with Gasteiger partial charge in [-0.05, 0) is 49.7 Å². The number of nitrogens with zero attached hydrogens (tertiary/aromatic N) is 1. The average molecular weight is 423 g/mol. The number of hydrogen-bond donors (Lipinski definition) is 1. The van der Waals surface area contributed by atoms with Gasteiger partial charge in [0.1, 0.15) is 10.9 Å². The molecule has 0 aliphatic carbocycles. The fourth-order valence-electron chi connectivity index (χ4n) is 2.70. The molecule has 1 atom stereocenters. The second kappa shape index (κ2) is 6.27. The third kappa shape index (κ3) is 2.96. The van der Waals surface area contributed by atoms with Crippen LogP contribution in [0.3, 0.4) is 0 Å². The van der Waals surface area contributed by atoms with Crippen LogP contribution >= 0.6 is 15.9 Å². The number of benzene rings is 2. The fraction of sp³-hybridized carbons (Fsp3) is 0.176. The maximum absolute atomic E-state index is 12.6. The topological polar surface area (TPSA) is 83.6 Å². The van der Waals surface area contributed by atoms with Crippen LogP contribution in [0, 0.1) is 6.92 Å². The largest absolute Gasteiger partial charge is 0.324 e. The molecule has 0 saturated carbocycles.